The summed E-state index contributed by atoms with van der Waals surface area (Å²) in [6, 6.07) is -0.638. The Bertz CT molecular complexity index is 378. The van der Waals surface area contributed by atoms with E-state index in [1.165, 1.54) is 0 Å². The van der Waals surface area contributed by atoms with Gasteiger partial charge in [-0.1, -0.05) is 5.16 Å². The van der Waals surface area contributed by atoms with Crippen molar-refractivity contribution in [2.24, 2.45) is 5.16 Å². The highest BCUT2D eigenvalue weighted by atomic mass is 16.5. The Labute approximate surface area is 108 Å². The van der Waals surface area contributed by atoms with Gasteiger partial charge in [0.25, 0.3) is 0 Å². The lowest BCUT2D eigenvalue weighted by Gasteiger charge is -2.38. The minimum atomic E-state index is -0.893. The second kappa shape index (κ2) is 5.67. The van der Waals surface area contributed by atoms with E-state index in [9.17, 15) is 9.90 Å². The standard InChI is InChI=1S/C9H16N4O6/c14-3-5-4(15)1-8(19-5)13-7(12-18)2-6(11-17)10-9(13)16/h4-5,7-8,12,14-15,17-18H,1-3H2,(H,10,11,16)/t4-,5+,7?,8+/m0/s1. The molecule has 2 heterocycles. The number of hydroxylamine groups is 1. The fraction of sp³-hybridized carbons (Fsp3) is 0.778. The number of nitrogens with zero attached hydrogens (tertiary/aromatic N) is 2. The van der Waals surface area contributed by atoms with Gasteiger partial charge in [-0.3, -0.25) is 10.2 Å². The van der Waals surface area contributed by atoms with E-state index in [1.807, 2.05) is 5.48 Å². The van der Waals surface area contributed by atoms with Crippen LogP contribution in [0.3, 0.4) is 0 Å². The number of nitrogens with one attached hydrogen (secondary N) is 2. The van der Waals surface area contributed by atoms with Crippen molar-refractivity contribution in [3.05, 3.63) is 0 Å². The van der Waals surface area contributed by atoms with E-state index in [-0.39, 0.29) is 25.3 Å². The fourth-order valence-electron chi connectivity index (χ4n) is 2.22. The number of amides is 2. The Morgan fingerprint density at radius 2 is 2.32 bits per heavy atom. The van der Waals surface area contributed by atoms with Gasteiger partial charge in [0, 0.05) is 12.8 Å². The van der Waals surface area contributed by atoms with E-state index < -0.39 is 30.6 Å². The number of urea groups is 1. The summed E-state index contributed by atoms with van der Waals surface area (Å²) in [6.45, 7) is -0.367. The highest BCUT2D eigenvalue weighted by Gasteiger charge is 2.43. The highest BCUT2D eigenvalue weighted by Crippen LogP contribution is 2.26. The van der Waals surface area contributed by atoms with Crippen molar-refractivity contribution in [1.29, 1.82) is 0 Å². The van der Waals surface area contributed by atoms with E-state index in [0.29, 0.717) is 0 Å². The molecule has 19 heavy (non-hydrogen) atoms. The van der Waals surface area contributed by atoms with Crippen LogP contribution < -0.4 is 10.8 Å². The largest absolute Gasteiger partial charge is 0.409 e. The number of rotatable bonds is 3. The van der Waals surface area contributed by atoms with Crippen molar-refractivity contribution in [2.45, 2.75) is 37.4 Å². The lowest BCUT2D eigenvalue weighted by atomic mass is 10.1. The summed E-state index contributed by atoms with van der Waals surface area (Å²) in [4.78, 5) is 13.0. The smallest absolute Gasteiger partial charge is 0.326 e. The van der Waals surface area contributed by atoms with Crippen LogP contribution in [-0.4, -0.2) is 68.6 Å². The molecule has 0 aromatic heterocycles. The van der Waals surface area contributed by atoms with Crippen LogP contribution in [0.2, 0.25) is 0 Å². The maximum atomic E-state index is 11.9. The highest BCUT2D eigenvalue weighted by molar-refractivity contribution is 5.99. The van der Waals surface area contributed by atoms with Crippen molar-refractivity contribution in [3.8, 4) is 0 Å². The van der Waals surface area contributed by atoms with Gasteiger partial charge in [0.15, 0.2) is 5.84 Å². The van der Waals surface area contributed by atoms with E-state index in [1.54, 1.807) is 0 Å². The predicted octanol–water partition coefficient (Wildman–Crippen LogP) is -2.04. The summed E-state index contributed by atoms with van der Waals surface area (Å²) in [5.74, 6) is 0.00468. The molecule has 2 saturated heterocycles. The van der Waals surface area contributed by atoms with Crippen molar-refractivity contribution in [3.63, 3.8) is 0 Å². The SMILES string of the molecule is O=C1N/C(=N\O)CC(NO)N1[C@H]1C[C@H](O)[C@@H](CO)O1. The topological polar surface area (TPSA) is 147 Å². The summed E-state index contributed by atoms with van der Waals surface area (Å²) >= 11 is 0. The van der Waals surface area contributed by atoms with Gasteiger partial charge in [0.2, 0.25) is 0 Å². The maximum Gasteiger partial charge on any atom is 0.326 e. The number of carbonyl (C=O) groups excluding carboxylic acids is 1. The number of hydrogen-bond donors (Lipinski definition) is 6. The van der Waals surface area contributed by atoms with Gasteiger partial charge >= 0.3 is 6.03 Å². The molecule has 2 aliphatic rings. The molecule has 10 nitrogen and oxygen atoms in total. The molecule has 1 unspecified atom stereocenters. The Hall–Kier alpha value is -1.46. The van der Waals surface area contributed by atoms with Crippen LogP contribution >= 0.6 is 0 Å². The molecule has 6 N–H and O–H groups in total. The van der Waals surface area contributed by atoms with E-state index in [4.69, 9.17) is 20.3 Å². The van der Waals surface area contributed by atoms with E-state index >= 15 is 0 Å². The van der Waals surface area contributed by atoms with Crippen LogP contribution in [0, 0.1) is 0 Å². The summed E-state index contributed by atoms with van der Waals surface area (Å²) in [6.07, 6.45) is -3.16. The molecule has 2 fully saturated rings. The number of aliphatic hydroxyl groups is 2. The van der Waals surface area contributed by atoms with Gasteiger partial charge in [0.1, 0.15) is 18.5 Å². The first-order valence-electron chi connectivity index (χ1n) is 5.75. The van der Waals surface area contributed by atoms with Crippen LogP contribution in [0.4, 0.5) is 4.79 Å². The number of oxime groups is 1. The molecule has 2 amide bonds. The normalized spacial score (nSPS) is 37.7. The number of hydrogen-bond acceptors (Lipinski definition) is 8. The zero-order valence-electron chi connectivity index (χ0n) is 9.93. The van der Waals surface area contributed by atoms with Crippen molar-refractivity contribution in [2.75, 3.05) is 6.61 Å². The first-order chi connectivity index (χ1) is 9.10. The molecular formula is C9H16N4O6. The zero-order valence-corrected chi connectivity index (χ0v) is 9.93. The first kappa shape index (κ1) is 14.0. The molecular weight excluding hydrogens is 260 g/mol. The Balaban J connectivity index is 2.12. The molecule has 0 aliphatic carbocycles. The quantitative estimate of drug-likeness (QED) is 0.257. The molecule has 0 aromatic carbocycles. The van der Waals surface area contributed by atoms with Crippen molar-refractivity contribution >= 4 is 11.9 Å². The third kappa shape index (κ3) is 2.62. The summed E-state index contributed by atoms with van der Waals surface area (Å²) < 4.78 is 5.35. The maximum absolute atomic E-state index is 11.9. The van der Waals surface area contributed by atoms with Gasteiger partial charge in [-0.15, -0.1) is 0 Å². The van der Waals surface area contributed by atoms with Crippen LogP contribution in [0.5, 0.6) is 0 Å². The van der Waals surface area contributed by atoms with Crippen molar-refractivity contribution < 1.29 is 30.2 Å². The average Bonchev–Trinajstić information content (AvgIpc) is 2.78. The minimum Gasteiger partial charge on any atom is -0.409 e. The molecule has 0 spiro atoms. The van der Waals surface area contributed by atoms with Gasteiger partial charge < -0.3 is 25.4 Å². The van der Waals surface area contributed by atoms with Gasteiger partial charge in [0.05, 0.1) is 12.7 Å². The number of amidine groups is 1. The zero-order chi connectivity index (χ0) is 14.0. The molecule has 10 heteroatoms. The molecule has 0 aromatic rings. The molecule has 0 radical (unpaired) electrons. The second-order valence-electron chi connectivity index (χ2n) is 4.35. The van der Waals surface area contributed by atoms with Crippen molar-refractivity contribution in [1.82, 2.24) is 15.7 Å². The van der Waals surface area contributed by atoms with Crippen LogP contribution in [0.15, 0.2) is 5.16 Å². The molecule has 0 bridgehead atoms. The summed E-state index contributed by atoms with van der Waals surface area (Å²) in [7, 11) is 0. The fourth-order valence-corrected chi connectivity index (χ4v) is 2.22. The number of carbonyl (C=O) groups is 1. The van der Waals surface area contributed by atoms with Gasteiger partial charge in [-0.05, 0) is 0 Å². The first-order valence-corrected chi connectivity index (χ1v) is 5.75. The summed E-state index contributed by atoms with van der Waals surface area (Å²) in [5.41, 5.74) is 1.92. The lowest BCUT2D eigenvalue weighted by Crippen LogP contribution is -2.62. The molecule has 108 valence electrons. The van der Waals surface area contributed by atoms with Gasteiger partial charge in [-0.2, -0.15) is 5.48 Å². The van der Waals surface area contributed by atoms with Gasteiger partial charge in [-0.25, -0.2) is 4.79 Å². The van der Waals surface area contributed by atoms with Crippen LogP contribution in [0.1, 0.15) is 12.8 Å². The lowest BCUT2D eigenvalue weighted by molar-refractivity contribution is -0.0930. The molecule has 2 aliphatic heterocycles. The van der Waals surface area contributed by atoms with Crippen LogP contribution in [0.25, 0.3) is 0 Å². The van der Waals surface area contributed by atoms with E-state index in [0.717, 1.165) is 4.90 Å². The molecule has 4 atom stereocenters. The third-order valence-corrected chi connectivity index (χ3v) is 3.17. The van der Waals surface area contributed by atoms with E-state index in [2.05, 4.69) is 10.5 Å². The monoisotopic (exact) mass is 276 g/mol. The predicted molar refractivity (Wildman–Crippen MR) is 59.3 cm³/mol. The van der Waals surface area contributed by atoms with Crippen LogP contribution in [-0.2, 0) is 4.74 Å². The third-order valence-electron chi connectivity index (χ3n) is 3.17. The minimum absolute atomic E-state index is 0.00468. The molecule has 2 rings (SSSR count). The second-order valence-corrected chi connectivity index (χ2v) is 4.35. The average molecular weight is 276 g/mol. The number of ether oxygens (including phenoxy) is 1. The molecule has 0 saturated carbocycles. The summed E-state index contributed by atoms with van der Waals surface area (Å²) in [5, 5.41) is 41.5. The Morgan fingerprint density at radius 3 is 2.84 bits per heavy atom. The Morgan fingerprint density at radius 1 is 1.58 bits per heavy atom. The number of aliphatic hydroxyl groups excluding tert-OH is 2. The Kier molecular flexibility index (Phi) is 4.17.